The monoisotopic (exact) mass is 339 g/mol. The van der Waals surface area contributed by atoms with Gasteiger partial charge < -0.3 is 4.98 Å². The van der Waals surface area contributed by atoms with E-state index >= 15 is 0 Å². The van der Waals surface area contributed by atoms with Crippen LogP contribution in [-0.4, -0.2) is 14.5 Å². The van der Waals surface area contributed by atoms with Gasteiger partial charge in [0.2, 0.25) is 0 Å². The molecule has 0 unspecified atom stereocenters. The van der Waals surface area contributed by atoms with E-state index in [-0.39, 0.29) is 0 Å². The van der Waals surface area contributed by atoms with E-state index in [0.717, 1.165) is 22.2 Å². The number of thiophene rings is 1. The molecule has 0 spiro atoms. The van der Waals surface area contributed by atoms with Crippen LogP contribution in [0.15, 0.2) is 28.2 Å². The second-order valence-corrected chi connectivity index (χ2v) is 6.37. The number of aromatic amines is 1. The van der Waals surface area contributed by atoms with Gasteiger partial charge in [0.25, 0.3) is 0 Å². The van der Waals surface area contributed by atoms with Gasteiger partial charge in [-0.25, -0.2) is 4.98 Å². The third kappa shape index (κ3) is 2.04. The van der Waals surface area contributed by atoms with E-state index in [1.165, 1.54) is 10.4 Å². The molecule has 0 aliphatic heterocycles. The number of hydrogen-bond donors (Lipinski definition) is 1. The van der Waals surface area contributed by atoms with Crippen molar-refractivity contribution < 1.29 is 0 Å². The molecule has 3 aromatic heterocycles. The van der Waals surface area contributed by atoms with Crippen LogP contribution in [0.25, 0.3) is 11.2 Å². The van der Waals surface area contributed by atoms with Gasteiger partial charge in [-0.1, -0.05) is 0 Å². The molecule has 3 rings (SSSR count). The molecule has 3 heterocycles. The van der Waals surface area contributed by atoms with Crippen molar-refractivity contribution in [3.63, 3.8) is 0 Å². The number of rotatable bonds is 2. The van der Waals surface area contributed by atoms with Crippen LogP contribution in [0.1, 0.15) is 10.4 Å². The summed E-state index contributed by atoms with van der Waals surface area (Å²) in [6.07, 6.45) is 1.79. The van der Waals surface area contributed by atoms with E-state index in [1.807, 2.05) is 10.6 Å². The summed E-state index contributed by atoms with van der Waals surface area (Å²) < 4.78 is 3.70. The summed E-state index contributed by atoms with van der Waals surface area (Å²) in [5.41, 5.74) is 3.16. The zero-order chi connectivity index (χ0) is 12.7. The molecule has 3 aromatic rings. The first-order valence-corrected chi connectivity index (χ1v) is 7.50. The van der Waals surface area contributed by atoms with Gasteiger partial charge in [-0.3, -0.25) is 4.57 Å². The molecule has 18 heavy (non-hydrogen) atoms. The highest BCUT2D eigenvalue weighted by Crippen LogP contribution is 2.21. The molecule has 0 amide bonds. The van der Waals surface area contributed by atoms with Gasteiger partial charge in [0, 0.05) is 15.5 Å². The minimum absolute atomic E-state index is 0.711. The summed E-state index contributed by atoms with van der Waals surface area (Å²) in [4.78, 5) is 8.94. The van der Waals surface area contributed by atoms with E-state index < -0.39 is 0 Å². The number of aryl methyl sites for hydroxylation is 1. The Hall–Kier alpha value is -0.980. The van der Waals surface area contributed by atoms with Gasteiger partial charge >= 0.3 is 0 Å². The van der Waals surface area contributed by atoms with E-state index in [9.17, 15) is 0 Å². The predicted molar refractivity (Wildman–Crippen MR) is 80.8 cm³/mol. The van der Waals surface area contributed by atoms with Gasteiger partial charge in [-0.2, -0.15) is 0 Å². The Kier molecular flexibility index (Phi) is 3.09. The minimum Gasteiger partial charge on any atom is -0.329 e. The third-order valence-electron chi connectivity index (χ3n) is 2.85. The van der Waals surface area contributed by atoms with E-state index in [2.05, 4.69) is 44.3 Å². The van der Waals surface area contributed by atoms with E-state index in [1.54, 1.807) is 17.5 Å². The molecule has 0 aliphatic rings. The first-order chi connectivity index (χ1) is 8.65. The Labute approximate surface area is 122 Å². The second kappa shape index (κ2) is 4.60. The van der Waals surface area contributed by atoms with Crippen molar-refractivity contribution in [1.29, 1.82) is 0 Å². The molecule has 0 aliphatic carbocycles. The highest BCUT2D eigenvalue weighted by molar-refractivity contribution is 9.10. The maximum atomic E-state index is 5.37. The number of imidazole rings is 1. The number of fused-ring (bicyclic) bond motifs is 1. The topological polar surface area (TPSA) is 33.6 Å². The summed E-state index contributed by atoms with van der Waals surface area (Å²) >= 11 is 10.5. The molecule has 0 saturated heterocycles. The van der Waals surface area contributed by atoms with Crippen molar-refractivity contribution in [2.24, 2.45) is 0 Å². The Morgan fingerprint density at radius 3 is 3.11 bits per heavy atom. The lowest BCUT2D eigenvalue weighted by molar-refractivity contribution is 0.809. The molecular weight excluding hydrogens is 330 g/mol. The molecule has 0 bridgehead atoms. The van der Waals surface area contributed by atoms with Crippen LogP contribution in [0.2, 0.25) is 0 Å². The van der Waals surface area contributed by atoms with Crippen LogP contribution in [-0.2, 0) is 6.54 Å². The van der Waals surface area contributed by atoms with Crippen molar-refractivity contribution in [2.75, 3.05) is 0 Å². The smallest absolute Gasteiger partial charge is 0.179 e. The molecule has 1 N–H and O–H groups in total. The minimum atomic E-state index is 0.711. The van der Waals surface area contributed by atoms with Crippen molar-refractivity contribution in [3.05, 3.63) is 43.4 Å². The van der Waals surface area contributed by atoms with Crippen LogP contribution in [0.3, 0.4) is 0 Å². The summed E-state index contributed by atoms with van der Waals surface area (Å²) in [5, 5.41) is 2.10. The fraction of sp³-hybridized carbons (Fsp3) is 0.167. The lowest BCUT2D eigenvalue weighted by Gasteiger charge is -2.03. The van der Waals surface area contributed by atoms with E-state index in [4.69, 9.17) is 12.2 Å². The van der Waals surface area contributed by atoms with Crippen molar-refractivity contribution in [2.45, 2.75) is 13.5 Å². The fourth-order valence-corrected chi connectivity index (χ4v) is 3.36. The number of H-pyrrole nitrogens is 1. The highest BCUT2D eigenvalue weighted by Gasteiger charge is 2.08. The Bertz CT molecular complexity index is 769. The standard InChI is InChI=1S/C12H10BrN3S2/c1-7-2-3-18-10(7)6-16-11-9(15-12(16)17)4-8(13)5-14-11/h2-5H,6H2,1H3,(H,15,17). The maximum absolute atomic E-state index is 5.37. The third-order valence-corrected chi connectivity index (χ3v) is 4.61. The number of hydrogen-bond acceptors (Lipinski definition) is 3. The highest BCUT2D eigenvalue weighted by atomic mass is 79.9. The average Bonchev–Trinajstić information content (AvgIpc) is 2.85. The second-order valence-electron chi connectivity index (χ2n) is 4.07. The summed E-state index contributed by atoms with van der Waals surface area (Å²) in [5.74, 6) is 0. The molecular formula is C12H10BrN3S2. The van der Waals surface area contributed by atoms with Crippen LogP contribution < -0.4 is 0 Å². The number of nitrogens with zero attached hydrogens (tertiary/aromatic N) is 2. The van der Waals surface area contributed by atoms with Gasteiger partial charge in [0.05, 0.1) is 12.1 Å². The van der Waals surface area contributed by atoms with Gasteiger partial charge in [-0.15, -0.1) is 11.3 Å². The van der Waals surface area contributed by atoms with Crippen LogP contribution in [0.4, 0.5) is 0 Å². The van der Waals surface area contributed by atoms with E-state index in [0.29, 0.717) is 4.77 Å². The molecule has 3 nitrogen and oxygen atoms in total. The Morgan fingerprint density at radius 2 is 2.39 bits per heavy atom. The van der Waals surface area contributed by atoms with Crippen molar-refractivity contribution in [3.8, 4) is 0 Å². The average molecular weight is 340 g/mol. The molecule has 0 saturated carbocycles. The summed E-state index contributed by atoms with van der Waals surface area (Å²) in [6, 6.07) is 4.12. The molecule has 0 radical (unpaired) electrons. The zero-order valence-corrected chi connectivity index (χ0v) is 12.8. The van der Waals surface area contributed by atoms with Gasteiger partial charge in [-0.05, 0) is 58.1 Å². The van der Waals surface area contributed by atoms with Crippen molar-refractivity contribution >= 4 is 50.6 Å². The first-order valence-electron chi connectivity index (χ1n) is 5.42. The predicted octanol–water partition coefficient (Wildman–Crippen LogP) is 4.27. The Balaban J connectivity index is 2.15. The lowest BCUT2D eigenvalue weighted by Crippen LogP contribution is -2.00. The number of nitrogens with one attached hydrogen (secondary N) is 1. The largest absolute Gasteiger partial charge is 0.329 e. The van der Waals surface area contributed by atoms with Gasteiger partial charge in [0.15, 0.2) is 10.4 Å². The lowest BCUT2D eigenvalue weighted by atomic mass is 10.3. The maximum Gasteiger partial charge on any atom is 0.179 e. The number of aromatic nitrogens is 3. The summed E-state index contributed by atoms with van der Waals surface area (Å²) in [6.45, 7) is 2.89. The first kappa shape index (κ1) is 12.1. The summed E-state index contributed by atoms with van der Waals surface area (Å²) in [7, 11) is 0. The number of halogens is 1. The molecule has 0 aromatic carbocycles. The molecule has 92 valence electrons. The van der Waals surface area contributed by atoms with Crippen LogP contribution in [0.5, 0.6) is 0 Å². The number of pyridine rings is 1. The molecule has 0 atom stereocenters. The van der Waals surface area contributed by atoms with Crippen LogP contribution >= 0.6 is 39.5 Å². The van der Waals surface area contributed by atoms with Crippen LogP contribution in [0, 0.1) is 11.7 Å². The Morgan fingerprint density at radius 1 is 1.56 bits per heavy atom. The van der Waals surface area contributed by atoms with Crippen molar-refractivity contribution in [1.82, 2.24) is 14.5 Å². The molecule has 0 fully saturated rings. The quantitative estimate of drug-likeness (QED) is 0.707. The fourth-order valence-electron chi connectivity index (χ4n) is 1.87. The normalized spacial score (nSPS) is 11.2. The zero-order valence-electron chi connectivity index (χ0n) is 9.61. The SMILES string of the molecule is Cc1ccsc1Cn1c(=S)[nH]c2cc(Br)cnc21. The molecule has 6 heteroatoms. The van der Waals surface area contributed by atoms with Gasteiger partial charge in [0.1, 0.15) is 0 Å².